The summed E-state index contributed by atoms with van der Waals surface area (Å²) in [6.45, 7) is 0.698. The van der Waals surface area contributed by atoms with E-state index in [0.29, 0.717) is 6.54 Å². The van der Waals surface area contributed by atoms with Crippen molar-refractivity contribution in [3.05, 3.63) is 35.4 Å². The predicted molar refractivity (Wildman–Crippen MR) is 52.6 cm³/mol. The molecule has 0 aromatic heterocycles. The second-order valence-electron chi connectivity index (χ2n) is 3.59. The van der Waals surface area contributed by atoms with Crippen LogP contribution in [0.5, 0.6) is 0 Å². The maximum Gasteiger partial charge on any atom is 0.135 e. The van der Waals surface area contributed by atoms with Crippen LogP contribution in [0.3, 0.4) is 0 Å². The Kier molecular flexibility index (Phi) is 1.59. The molecule has 2 heterocycles. The number of fused-ring (bicyclic) bond motifs is 3. The summed E-state index contributed by atoms with van der Waals surface area (Å²) in [7, 11) is 0. The number of hydrazine groups is 1. The topological polar surface area (TPSA) is 56.6 Å². The number of nitrogens with one attached hydrogen (secondary N) is 2. The maximum absolute atomic E-state index is 9.72. The summed E-state index contributed by atoms with van der Waals surface area (Å²) >= 11 is 0. The highest BCUT2D eigenvalue weighted by atomic mass is 16.3. The van der Waals surface area contributed by atoms with E-state index in [1.807, 2.05) is 18.2 Å². The molecular weight excluding hydrogens is 178 g/mol. The molecule has 1 aromatic carbocycles. The zero-order valence-electron chi connectivity index (χ0n) is 7.57. The number of nitrogens with zero attached hydrogens (tertiary/aromatic N) is 1. The summed E-state index contributed by atoms with van der Waals surface area (Å²) in [5.41, 5.74) is 8.05. The monoisotopic (exact) mass is 189 g/mol. The van der Waals surface area contributed by atoms with Crippen molar-refractivity contribution < 1.29 is 5.11 Å². The minimum atomic E-state index is -0.574. The first kappa shape index (κ1) is 7.96. The van der Waals surface area contributed by atoms with Gasteiger partial charge in [0.1, 0.15) is 12.1 Å². The first-order valence-electron chi connectivity index (χ1n) is 4.68. The fraction of sp³-hybridized carbons (Fsp3) is 0.300. The molecule has 3 rings (SSSR count). The van der Waals surface area contributed by atoms with E-state index in [1.165, 1.54) is 11.1 Å². The van der Waals surface area contributed by atoms with E-state index in [4.69, 9.17) is 0 Å². The SMILES string of the molecule is OC1NNC2=NCc3ccccc3C21. The standard InChI is InChI=1S/C10H11N3O/c14-10-8-7-4-2-1-3-6(7)5-11-9(8)12-13-10/h1-4,8,10,13-14H,5H2,(H,11,12). The minimum Gasteiger partial charge on any atom is -0.376 e. The van der Waals surface area contributed by atoms with Gasteiger partial charge in [-0.1, -0.05) is 24.3 Å². The third-order valence-corrected chi connectivity index (χ3v) is 2.77. The lowest BCUT2D eigenvalue weighted by atomic mass is 9.90. The maximum atomic E-state index is 9.72. The van der Waals surface area contributed by atoms with Crippen molar-refractivity contribution >= 4 is 5.84 Å². The molecule has 2 aliphatic heterocycles. The van der Waals surface area contributed by atoms with E-state index in [0.717, 1.165) is 5.84 Å². The lowest BCUT2D eigenvalue weighted by molar-refractivity contribution is 0.139. The van der Waals surface area contributed by atoms with Gasteiger partial charge in [0, 0.05) is 0 Å². The molecule has 0 spiro atoms. The third kappa shape index (κ3) is 0.981. The first-order valence-corrected chi connectivity index (χ1v) is 4.68. The van der Waals surface area contributed by atoms with Gasteiger partial charge in [-0.3, -0.25) is 4.99 Å². The number of hydrogen-bond acceptors (Lipinski definition) is 4. The zero-order valence-corrected chi connectivity index (χ0v) is 7.57. The average molecular weight is 189 g/mol. The van der Waals surface area contributed by atoms with Gasteiger partial charge in [0.2, 0.25) is 0 Å². The lowest BCUT2D eigenvalue weighted by Gasteiger charge is -2.20. The Labute approximate surface area is 81.6 Å². The Bertz CT molecular complexity index is 402. The summed E-state index contributed by atoms with van der Waals surface area (Å²) in [5, 5.41) is 9.72. The Hall–Kier alpha value is -1.39. The van der Waals surface area contributed by atoms with Crippen molar-refractivity contribution in [1.82, 2.24) is 10.9 Å². The molecule has 2 aliphatic rings. The normalized spacial score (nSPS) is 28.8. The summed E-state index contributed by atoms with van der Waals surface area (Å²) in [4.78, 5) is 4.37. The molecule has 0 aliphatic carbocycles. The van der Waals surface area contributed by atoms with Crippen molar-refractivity contribution in [2.24, 2.45) is 4.99 Å². The Morgan fingerprint density at radius 1 is 1.36 bits per heavy atom. The molecule has 2 unspecified atom stereocenters. The second kappa shape index (κ2) is 2.80. The van der Waals surface area contributed by atoms with Gasteiger partial charge in [-0.15, -0.1) is 0 Å². The highest BCUT2D eigenvalue weighted by Gasteiger charge is 2.35. The Morgan fingerprint density at radius 2 is 2.21 bits per heavy atom. The summed E-state index contributed by atoms with van der Waals surface area (Å²) in [6.07, 6.45) is -0.574. The van der Waals surface area contributed by atoms with Crippen molar-refractivity contribution in [3.63, 3.8) is 0 Å². The zero-order chi connectivity index (χ0) is 9.54. The van der Waals surface area contributed by atoms with Gasteiger partial charge < -0.3 is 10.5 Å². The van der Waals surface area contributed by atoms with E-state index >= 15 is 0 Å². The molecule has 1 saturated heterocycles. The van der Waals surface area contributed by atoms with Crippen LogP contribution in [0.25, 0.3) is 0 Å². The number of aliphatic hydroxyl groups excluding tert-OH is 1. The van der Waals surface area contributed by atoms with E-state index in [-0.39, 0.29) is 5.92 Å². The summed E-state index contributed by atoms with van der Waals surface area (Å²) in [6, 6.07) is 8.10. The number of rotatable bonds is 0. The molecule has 0 radical (unpaired) electrons. The van der Waals surface area contributed by atoms with Crippen LogP contribution >= 0.6 is 0 Å². The number of hydrogen-bond donors (Lipinski definition) is 3. The number of amidine groups is 1. The fourth-order valence-corrected chi connectivity index (χ4v) is 2.07. The summed E-state index contributed by atoms with van der Waals surface area (Å²) in [5.74, 6) is 0.816. The highest BCUT2D eigenvalue weighted by molar-refractivity contribution is 5.92. The summed E-state index contributed by atoms with van der Waals surface area (Å²) < 4.78 is 0. The number of benzene rings is 1. The minimum absolute atomic E-state index is 0.0278. The van der Waals surface area contributed by atoms with Gasteiger partial charge >= 0.3 is 0 Å². The van der Waals surface area contributed by atoms with Crippen LogP contribution in [0.1, 0.15) is 17.0 Å². The van der Waals surface area contributed by atoms with Gasteiger partial charge in [0.15, 0.2) is 0 Å². The van der Waals surface area contributed by atoms with Gasteiger partial charge in [-0.25, -0.2) is 5.43 Å². The predicted octanol–water partition coefficient (Wildman–Crippen LogP) is 0.108. The molecule has 1 aromatic rings. The van der Waals surface area contributed by atoms with Crippen LogP contribution in [0.4, 0.5) is 0 Å². The molecule has 72 valence electrons. The Balaban J connectivity index is 2.12. The van der Waals surface area contributed by atoms with E-state index in [1.54, 1.807) is 0 Å². The van der Waals surface area contributed by atoms with Crippen molar-refractivity contribution in [1.29, 1.82) is 0 Å². The van der Waals surface area contributed by atoms with E-state index in [9.17, 15) is 5.11 Å². The molecule has 4 nitrogen and oxygen atoms in total. The number of aliphatic imine (C=N–C) groups is 1. The van der Waals surface area contributed by atoms with Gasteiger partial charge in [-0.05, 0) is 11.1 Å². The first-order chi connectivity index (χ1) is 6.86. The van der Waals surface area contributed by atoms with Crippen LogP contribution in [0, 0.1) is 0 Å². The molecular formula is C10H11N3O. The van der Waals surface area contributed by atoms with Crippen LogP contribution in [0.15, 0.2) is 29.3 Å². The molecule has 0 amide bonds. The van der Waals surface area contributed by atoms with Crippen molar-refractivity contribution in [3.8, 4) is 0 Å². The van der Waals surface area contributed by atoms with Crippen molar-refractivity contribution in [2.45, 2.75) is 18.7 Å². The molecule has 2 atom stereocenters. The Morgan fingerprint density at radius 3 is 3.14 bits per heavy atom. The number of aliphatic hydroxyl groups is 1. The van der Waals surface area contributed by atoms with Crippen LogP contribution < -0.4 is 10.9 Å². The van der Waals surface area contributed by atoms with E-state index < -0.39 is 6.23 Å². The quantitative estimate of drug-likeness (QED) is 0.543. The molecule has 0 bridgehead atoms. The van der Waals surface area contributed by atoms with Gasteiger partial charge in [0.05, 0.1) is 12.5 Å². The third-order valence-electron chi connectivity index (χ3n) is 2.77. The molecule has 4 heteroatoms. The second-order valence-corrected chi connectivity index (χ2v) is 3.59. The lowest BCUT2D eigenvalue weighted by Crippen LogP contribution is -2.31. The van der Waals surface area contributed by atoms with Crippen LogP contribution in [0.2, 0.25) is 0 Å². The van der Waals surface area contributed by atoms with Crippen LogP contribution in [-0.2, 0) is 6.54 Å². The molecule has 0 saturated carbocycles. The molecule has 1 fully saturated rings. The van der Waals surface area contributed by atoms with Crippen molar-refractivity contribution in [2.75, 3.05) is 0 Å². The van der Waals surface area contributed by atoms with Crippen LogP contribution in [-0.4, -0.2) is 17.2 Å². The molecule has 3 N–H and O–H groups in total. The average Bonchev–Trinajstić information content (AvgIpc) is 2.61. The largest absolute Gasteiger partial charge is 0.376 e. The van der Waals surface area contributed by atoms with Gasteiger partial charge in [-0.2, -0.15) is 0 Å². The van der Waals surface area contributed by atoms with Gasteiger partial charge in [0.25, 0.3) is 0 Å². The highest BCUT2D eigenvalue weighted by Crippen LogP contribution is 2.30. The smallest absolute Gasteiger partial charge is 0.135 e. The molecule has 14 heavy (non-hydrogen) atoms. The fourth-order valence-electron chi connectivity index (χ4n) is 2.07. The van der Waals surface area contributed by atoms with E-state index in [2.05, 4.69) is 21.9 Å².